The minimum Gasteiger partial charge on any atom is -0.456 e. The van der Waals surface area contributed by atoms with Crippen molar-refractivity contribution in [2.45, 2.75) is 38.5 Å². The fraction of sp³-hybridized carbons (Fsp3) is 0.120. The van der Waals surface area contributed by atoms with E-state index in [1.807, 2.05) is 91.0 Å². The van der Waals surface area contributed by atoms with E-state index < -0.39 is 0 Å². The van der Waals surface area contributed by atoms with E-state index >= 15 is 0 Å². The van der Waals surface area contributed by atoms with Crippen LogP contribution in [0.3, 0.4) is 0 Å². The SMILES string of the molecule is [C-]#[N+]C(C#N)=C1C=C(c2ccc(N(c3ccccc3)c3ccc(C(C)CC(CC)c4ccc(-c5nnc(-c6ccccc6)o5)cc4)cc3)cc2)Oc2ccccc21. The highest BCUT2D eigenvalue weighted by Gasteiger charge is 2.22. The molecule has 0 aliphatic carbocycles. The molecule has 7 nitrogen and oxygen atoms in total. The number of rotatable bonds is 11. The van der Waals surface area contributed by atoms with Gasteiger partial charge in [-0.15, -0.1) is 10.2 Å². The first kappa shape index (κ1) is 36.5. The lowest BCUT2D eigenvalue weighted by atomic mass is 9.84. The van der Waals surface area contributed by atoms with Crippen molar-refractivity contribution in [1.82, 2.24) is 10.2 Å². The molecule has 2 atom stereocenters. The van der Waals surface area contributed by atoms with Gasteiger partial charge < -0.3 is 14.1 Å². The Morgan fingerprint density at radius 2 is 1.23 bits per heavy atom. The van der Waals surface area contributed by atoms with E-state index in [2.05, 4.69) is 107 Å². The predicted molar refractivity (Wildman–Crippen MR) is 227 cm³/mol. The van der Waals surface area contributed by atoms with E-state index in [9.17, 15) is 5.26 Å². The molecule has 1 aliphatic rings. The summed E-state index contributed by atoms with van der Waals surface area (Å²) in [5.41, 5.74) is 9.66. The molecule has 2 unspecified atom stereocenters. The van der Waals surface area contributed by atoms with Crippen molar-refractivity contribution in [2.24, 2.45) is 0 Å². The Morgan fingerprint density at radius 3 is 1.86 bits per heavy atom. The van der Waals surface area contributed by atoms with Gasteiger partial charge in [0, 0.05) is 44.9 Å². The third kappa shape index (κ3) is 7.73. The molecular weight excluding hydrogens is 703 g/mol. The third-order valence-corrected chi connectivity index (χ3v) is 10.5. The highest BCUT2D eigenvalue weighted by molar-refractivity contribution is 5.92. The Bertz CT molecular complexity index is 2620. The number of anilines is 3. The number of para-hydroxylation sites is 2. The predicted octanol–water partition coefficient (Wildman–Crippen LogP) is 13.1. The quantitative estimate of drug-likeness (QED) is 0.0970. The van der Waals surface area contributed by atoms with Gasteiger partial charge in [0.1, 0.15) is 11.5 Å². The zero-order valence-electron chi connectivity index (χ0n) is 31.7. The summed E-state index contributed by atoms with van der Waals surface area (Å²) in [4.78, 5) is 5.73. The van der Waals surface area contributed by atoms with Crippen LogP contribution in [0.25, 0.3) is 39.1 Å². The molecule has 0 amide bonds. The lowest BCUT2D eigenvalue weighted by Gasteiger charge is -2.27. The Kier molecular flexibility index (Phi) is 10.6. The average Bonchev–Trinajstić information content (AvgIpc) is 3.78. The molecule has 1 aromatic heterocycles. The molecular formula is C50H39N5O2. The van der Waals surface area contributed by atoms with Gasteiger partial charge in [0.05, 0.1) is 12.6 Å². The lowest BCUT2D eigenvalue weighted by molar-refractivity contribution is 0.509. The lowest BCUT2D eigenvalue weighted by Crippen LogP contribution is -2.10. The maximum atomic E-state index is 9.68. The van der Waals surface area contributed by atoms with E-state index in [0.717, 1.165) is 52.2 Å². The number of hydrogen-bond acceptors (Lipinski definition) is 6. The topological polar surface area (TPSA) is 79.5 Å². The molecule has 0 bridgehead atoms. The summed E-state index contributed by atoms with van der Waals surface area (Å²) in [7, 11) is 0. The van der Waals surface area contributed by atoms with E-state index in [0.29, 0.717) is 40.7 Å². The Labute approximate surface area is 333 Å². The van der Waals surface area contributed by atoms with Crippen LogP contribution in [0.2, 0.25) is 0 Å². The first-order valence-corrected chi connectivity index (χ1v) is 19.1. The number of nitrogens with zero attached hydrogens (tertiary/aromatic N) is 5. The summed E-state index contributed by atoms with van der Waals surface area (Å²) in [6.45, 7) is 12.1. The molecule has 8 rings (SSSR count). The van der Waals surface area contributed by atoms with E-state index in [1.54, 1.807) is 6.08 Å². The molecule has 0 N–H and O–H groups in total. The molecule has 0 saturated heterocycles. The summed E-state index contributed by atoms with van der Waals surface area (Å²) in [5, 5.41) is 18.2. The zero-order chi connectivity index (χ0) is 39.1. The smallest absolute Gasteiger partial charge is 0.269 e. The van der Waals surface area contributed by atoms with E-state index in [4.69, 9.17) is 15.7 Å². The monoisotopic (exact) mass is 741 g/mol. The van der Waals surface area contributed by atoms with E-state index in [1.165, 1.54) is 11.1 Å². The van der Waals surface area contributed by atoms with Gasteiger partial charge >= 0.3 is 0 Å². The summed E-state index contributed by atoms with van der Waals surface area (Å²) in [6, 6.07) is 55.3. The van der Waals surface area contributed by atoms with Gasteiger partial charge in [-0.25, -0.2) is 10.1 Å². The fourth-order valence-electron chi connectivity index (χ4n) is 7.41. The Hall–Kier alpha value is -7.48. The van der Waals surface area contributed by atoms with Gasteiger partial charge in [-0.05, 0) is 121 Å². The van der Waals surface area contributed by atoms with Gasteiger partial charge in [-0.3, -0.25) is 0 Å². The van der Waals surface area contributed by atoms with Crippen LogP contribution in [0.1, 0.15) is 60.8 Å². The fourth-order valence-corrected chi connectivity index (χ4v) is 7.41. The molecule has 57 heavy (non-hydrogen) atoms. The van der Waals surface area contributed by atoms with Crippen molar-refractivity contribution >= 4 is 28.4 Å². The van der Waals surface area contributed by atoms with Crippen molar-refractivity contribution in [3.05, 3.63) is 203 Å². The molecule has 6 aromatic carbocycles. The Morgan fingerprint density at radius 1 is 0.684 bits per heavy atom. The summed E-state index contributed by atoms with van der Waals surface area (Å²) >= 11 is 0. The molecule has 276 valence electrons. The molecule has 0 saturated carbocycles. The minimum atomic E-state index is 0.0339. The normalized spacial score (nSPS) is 13.9. The van der Waals surface area contributed by atoms with Gasteiger partial charge in [0.25, 0.3) is 5.70 Å². The second-order valence-electron chi connectivity index (χ2n) is 14.0. The third-order valence-electron chi connectivity index (χ3n) is 10.5. The molecule has 0 radical (unpaired) electrons. The standard InChI is InChI=1S/C50H39N5O2/c1-4-35(37-19-21-40(22-20-37)50-54-53-49(57-50)39-13-7-5-8-14-39)31-34(2)36-23-27-42(28-24-36)55(41-15-9-6-10-16-41)43-29-25-38(26-30-43)48-32-45(46(33-51)52-3)44-17-11-12-18-47(44)56-48/h5-30,32,34-35H,4,31H2,1-2H3. The zero-order valence-corrected chi connectivity index (χ0v) is 31.7. The molecule has 0 fully saturated rings. The summed E-state index contributed by atoms with van der Waals surface area (Å²) in [6.07, 6.45) is 3.84. The molecule has 7 heteroatoms. The van der Waals surface area contributed by atoms with Gasteiger partial charge in [-0.2, -0.15) is 0 Å². The average molecular weight is 742 g/mol. The van der Waals surface area contributed by atoms with Crippen LogP contribution in [0, 0.1) is 17.9 Å². The van der Waals surface area contributed by atoms with Crippen molar-refractivity contribution < 1.29 is 9.15 Å². The molecule has 2 heterocycles. The second-order valence-corrected chi connectivity index (χ2v) is 14.0. The van der Waals surface area contributed by atoms with Crippen molar-refractivity contribution in [3.8, 4) is 34.7 Å². The van der Waals surface area contributed by atoms with Crippen LogP contribution in [0.15, 0.2) is 174 Å². The maximum absolute atomic E-state index is 9.68. The van der Waals surface area contributed by atoms with Crippen molar-refractivity contribution in [2.75, 3.05) is 4.90 Å². The van der Waals surface area contributed by atoms with Crippen LogP contribution >= 0.6 is 0 Å². The van der Waals surface area contributed by atoms with Crippen LogP contribution in [0.5, 0.6) is 5.75 Å². The molecule has 0 spiro atoms. The number of aromatic nitrogens is 2. The minimum absolute atomic E-state index is 0.0339. The van der Waals surface area contributed by atoms with Crippen molar-refractivity contribution in [3.63, 3.8) is 0 Å². The largest absolute Gasteiger partial charge is 0.456 e. The van der Waals surface area contributed by atoms with Crippen LogP contribution in [-0.2, 0) is 0 Å². The first-order chi connectivity index (χ1) is 28.0. The van der Waals surface area contributed by atoms with Gasteiger partial charge in [0.2, 0.25) is 11.8 Å². The Balaban J connectivity index is 0.998. The van der Waals surface area contributed by atoms with Gasteiger partial charge in [-0.1, -0.05) is 92.7 Å². The van der Waals surface area contributed by atoms with Crippen LogP contribution in [0.4, 0.5) is 17.1 Å². The summed E-state index contributed by atoms with van der Waals surface area (Å²) < 4.78 is 12.3. The van der Waals surface area contributed by atoms with Crippen LogP contribution < -0.4 is 9.64 Å². The highest BCUT2D eigenvalue weighted by atomic mass is 16.5. The number of ether oxygens (including phenoxy) is 1. The second kappa shape index (κ2) is 16.5. The first-order valence-electron chi connectivity index (χ1n) is 19.1. The van der Waals surface area contributed by atoms with Gasteiger partial charge in [0.15, 0.2) is 0 Å². The highest BCUT2D eigenvalue weighted by Crippen LogP contribution is 2.41. The number of allylic oxidation sites excluding steroid dienone is 3. The number of fused-ring (bicyclic) bond motifs is 1. The summed E-state index contributed by atoms with van der Waals surface area (Å²) in [5.74, 6) is 2.97. The molecule has 1 aliphatic heterocycles. The van der Waals surface area contributed by atoms with Crippen molar-refractivity contribution in [1.29, 1.82) is 5.26 Å². The molecule has 7 aromatic rings. The van der Waals surface area contributed by atoms with E-state index in [-0.39, 0.29) is 5.70 Å². The number of nitriles is 1. The number of benzene rings is 6. The number of hydrogen-bond donors (Lipinski definition) is 0. The maximum Gasteiger partial charge on any atom is 0.269 e. The van der Waals surface area contributed by atoms with Crippen LogP contribution in [-0.4, -0.2) is 10.2 Å².